The van der Waals surface area contributed by atoms with Crippen molar-refractivity contribution < 1.29 is 13.2 Å². The van der Waals surface area contributed by atoms with Gasteiger partial charge < -0.3 is 5.32 Å². The molecule has 1 nitrogen and oxygen atoms in total. The van der Waals surface area contributed by atoms with Crippen LogP contribution in [0.4, 0.5) is 18.9 Å². The van der Waals surface area contributed by atoms with Crippen LogP contribution in [-0.4, -0.2) is 6.54 Å². The summed E-state index contributed by atoms with van der Waals surface area (Å²) < 4.78 is 37.5. The minimum Gasteiger partial charge on any atom is -0.384 e. The second-order valence-corrected chi connectivity index (χ2v) is 4.16. The van der Waals surface area contributed by atoms with E-state index in [0.717, 1.165) is 29.7 Å². The molecule has 4 heteroatoms. The smallest absolute Gasteiger partial charge is 0.384 e. The second-order valence-electron chi connectivity index (χ2n) is 4.16. The third-order valence-corrected chi connectivity index (χ3v) is 2.43. The van der Waals surface area contributed by atoms with Gasteiger partial charge in [-0.15, -0.1) is 6.58 Å². The zero-order valence-corrected chi connectivity index (χ0v) is 9.99. The van der Waals surface area contributed by atoms with Crippen molar-refractivity contribution in [2.24, 2.45) is 0 Å². The van der Waals surface area contributed by atoms with Crippen molar-refractivity contribution in [3.63, 3.8) is 0 Å². The zero-order chi connectivity index (χ0) is 13.1. The monoisotopic (exact) mass is 243 g/mol. The maximum Gasteiger partial charge on any atom is 0.416 e. The number of anilines is 1. The molecule has 1 aromatic carbocycles. The lowest BCUT2D eigenvalue weighted by Crippen LogP contribution is -2.08. The fourth-order valence-electron chi connectivity index (χ4n) is 1.40. The van der Waals surface area contributed by atoms with Crippen LogP contribution in [0.5, 0.6) is 0 Å². The SMILES string of the molecule is C=C(C)CCNc1cc(C(F)(F)F)ccc1C. The summed E-state index contributed by atoms with van der Waals surface area (Å²) in [6, 6.07) is 3.72. The first kappa shape index (κ1) is 13.6. The normalized spacial score (nSPS) is 11.4. The highest BCUT2D eigenvalue weighted by Crippen LogP contribution is 2.31. The molecule has 1 N–H and O–H groups in total. The number of rotatable bonds is 4. The van der Waals surface area contributed by atoms with Gasteiger partial charge in [0.25, 0.3) is 0 Å². The molecule has 0 amide bonds. The van der Waals surface area contributed by atoms with Crippen LogP contribution in [0, 0.1) is 6.92 Å². The van der Waals surface area contributed by atoms with Crippen LogP contribution >= 0.6 is 0 Å². The number of hydrogen-bond donors (Lipinski definition) is 1. The molecule has 0 aliphatic rings. The first-order valence-corrected chi connectivity index (χ1v) is 5.37. The molecule has 0 bridgehead atoms. The van der Waals surface area contributed by atoms with E-state index >= 15 is 0 Å². The lowest BCUT2D eigenvalue weighted by Gasteiger charge is -2.13. The van der Waals surface area contributed by atoms with Crippen LogP contribution in [0.25, 0.3) is 0 Å². The van der Waals surface area contributed by atoms with Crippen molar-refractivity contribution in [1.82, 2.24) is 0 Å². The molecule has 0 aliphatic carbocycles. The number of benzene rings is 1. The summed E-state index contributed by atoms with van der Waals surface area (Å²) in [7, 11) is 0. The van der Waals surface area contributed by atoms with Crippen LogP contribution in [0.1, 0.15) is 24.5 Å². The highest BCUT2D eigenvalue weighted by atomic mass is 19.4. The Kier molecular flexibility index (Phi) is 4.21. The van der Waals surface area contributed by atoms with Gasteiger partial charge >= 0.3 is 6.18 Å². The molecule has 0 radical (unpaired) electrons. The van der Waals surface area contributed by atoms with E-state index < -0.39 is 11.7 Å². The van der Waals surface area contributed by atoms with E-state index in [1.54, 1.807) is 6.92 Å². The van der Waals surface area contributed by atoms with E-state index in [-0.39, 0.29) is 0 Å². The molecule has 1 aromatic rings. The van der Waals surface area contributed by atoms with E-state index in [4.69, 9.17) is 0 Å². The molecule has 0 heterocycles. The lowest BCUT2D eigenvalue weighted by atomic mass is 10.1. The minimum absolute atomic E-state index is 0.529. The van der Waals surface area contributed by atoms with Crippen LogP contribution in [0.2, 0.25) is 0 Å². The van der Waals surface area contributed by atoms with Crippen LogP contribution in [0.15, 0.2) is 30.4 Å². The van der Waals surface area contributed by atoms with Crippen molar-refractivity contribution in [3.8, 4) is 0 Å². The first-order valence-electron chi connectivity index (χ1n) is 5.37. The standard InChI is InChI=1S/C13H16F3N/c1-9(2)6-7-17-12-8-11(13(14,15)16)5-4-10(12)3/h4-5,8,17H,1,6-7H2,2-3H3. The largest absolute Gasteiger partial charge is 0.416 e. The number of halogens is 3. The Morgan fingerprint density at radius 1 is 1.35 bits per heavy atom. The van der Waals surface area contributed by atoms with Gasteiger partial charge in [-0.3, -0.25) is 0 Å². The summed E-state index contributed by atoms with van der Waals surface area (Å²) in [6.07, 6.45) is -3.55. The van der Waals surface area contributed by atoms with Crippen LogP contribution < -0.4 is 5.32 Å². The molecule has 94 valence electrons. The fourth-order valence-corrected chi connectivity index (χ4v) is 1.40. The van der Waals surface area contributed by atoms with Gasteiger partial charge in [-0.2, -0.15) is 13.2 Å². The zero-order valence-electron chi connectivity index (χ0n) is 9.99. The molecule has 17 heavy (non-hydrogen) atoms. The predicted molar refractivity (Wildman–Crippen MR) is 64.1 cm³/mol. The van der Waals surface area contributed by atoms with Gasteiger partial charge in [0.2, 0.25) is 0 Å². The van der Waals surface area contributed by atoms with Gasteiger partial charge in [0.15, 0.2) is 0 Å². The average Bonchev–Trinajstić information content (AvgIpc) is 2.18. The molecule has 0 aliphatic heterocycles. The summed E-state index contributed by atoms with van der Waals surface area (Å²) >= 11 is 0. The van der Waals surface area contributed by atoms with E-state index in [1.807, 2.05) is 6.92 Å². The summed E-state index contributed by atoms with van der Waals surface area (Å²) in [5.41, 5.74) is 1.71. The third kappa shape index (κ3) is 4.13. The first-order chi connectivity index (χ1) is 7.80. The quantitative estimate of drug-likeness (QED) is 0.773. The number of alkyl halides is 3. The highest BCUT2D eigenvalue weighted by molar-refractivity contribution is 5.53. The van der Waals surface area contributed by atoms with Crippen molar-refractivity contribution in [2.45, 2.75) is 26.4 Å². The second kappa shape index (κ2) is 5.25. The minimum atomic E-state index is -4.29. The molecular weight excluding hydrogens is 227 g/mol. The molecular formula is C13H16F3N. The van der Waals surface area contributed by atoms with Gasteiger partial charge in [-0.1, -0.05) is 11.6 Å². The van der Waals surface area contributed by atoms with E-state index in [9.17, 15) is 13.2 Å². The van der Waals surface area contributed by atoms with E-state index in [0.29, 0.717) is 12.2 Å². The number of hydrogen-bond acceptors (Lipinski definition) is 1. The van der Waals surface area contributed by atoms with Crippen molar-refractivity contribution in [2.75, 3.05) is 11.9 Å². The van der Waals surface area contributed by atoms with Gasteiger partial charge in [0.05, 0.1) is 5.56 Å². The van der Waals surface area contributed by atoms with E-state index in [1.165, 1.54) is 6.07 Å². The Labute approximate surface area is 99.3 Å². The van der Waals surface area contributed by atoms with E-state index in [2.05, 4.69) is 11.9 Å². The average molecular weight is 243 g/mol. The molecule has 0 spiro atoms. The van der Waals surface area contributed by atoms with Crippen molar-refractivity contribution >= 4 is 5.69 Å². The topological polar surface area (TPSA) is 12.0 Å². The van der Waals surface area contributed by atoms with Gasteiger partial charge in [0, 0.05) is 12.2 Å². The summed E-state index contributed by atoms with van der Waals surface area (Å²) in [4.78, 5) is 0. The van der Waals surface area contributed by atoms with Gasteiger partial charge in [-0.05, 0) is 38.0 Å². The van der Waals surface area contributed by atoms with Crippen molar-refractivity contribution in [3.05, 3.63) is 41.5 Å². The molecule has 0 aromatic heterocycles. The summed E-state index contributed by atoms with van der Waals surface area (Å²) in [5, 5.41) is 3.00. The molecule has 0 saturated heterocycles. The predicted octanol–water partition coefficient (Wildman–Crippen LogP) is 4.39. The molecule has 0 unspecified atom stereocenters. The number of nitrogens with one attached hydrogen (secondary N) is 1. The molecule has 0 atom stereocenters. The fraction of sp³-hybridized carbons (Fsp3) is 0.385. The maximum absolute atomic E-state index is 12.5. The van der Waals surface area contributed by atoms with Gasteiger partial charge in [-0.25, -0.2) is 0 Å². The number of aryl methyl sites for hydroxylation is 1. The van der Waals surface area contributed by atoms with Gasteiger partial charge in [0.1, 0.15) is 0 Å². The van der Waals surface area contributed by atoms with Crippen LogP contribution in [0.3, 0.4) is 0 Å². The third-order valence-electron chi connectivity index (χ3n) is 2.43. The Bertz CT molecular complexity index is 408. The summed E-state index contributed by atoms with van der Waals surface area (Å²) in [5.74, 6) is 0. The Morgan fingerprint density at radius 3 is 2.53 bits per heavy atom. The Hall–Kier alpha value is -1.45. The Balaban J connectivity index is 2.80. The Morgan fingerprint density at radius 2 is 2.00 bits per heavy atom. The molecule has 0 saturated carbocycles. The van der Waals surface area contributed by atoms with Crippen LogP contribution in [-0.2, 0) is 6.18 Å². The molecule has 1 rings (SSSR count). The van der Waals surface area contributed by atoms with Crippen molar-refractivity contribution in [1.29, 1.82) is 0 Å². The lowest BCUT2D eigenvalue weighted by molar-refractivity contribution is -0.137. The maximum atomic E-state index is 12.5. The highest BCUT2D eigenvalue weighted by Gasteiger charge is 2.30. The molecule has 0 fully saturated rings. The summed E-state index contributed by atoms with van der Waals surface area (Å²) in [6.45, 7) is 8.01.